The Morgan fingerprint density at radius 2 is 1.61 bits per heavy atom. The Kier molecular flexibility index (Phi) is 21.1. The molecule has 202 valence electrons. The van der Waals surface area contributed by atoms with Crippen molar-refractivity contribution in [3.8, 4) is 11.8 Å². The second-order valence-corrected chi connectivity index (χ2v) is 8.61. The van der Waals surface area contributed by atoms with Crippen LogP contribution >= 0.6 is 0 Å². The molecule has 0 spiro atoms. The molecule has 1 aliphatic carbocycles. The molecule has 1 aromatic rings. The lowest BCUT2D eigenvalue weighted by molar-refractivity contribution is -0.118. The highest BCUT2D eigenvalue weighted by Crippen LogP contribution is 2.26. The van der Waals surface area contributed by atoms with E-state index in [1.165, 1.54) is 31.4 Å². The highest BCUT2D eigenvalue weighted by atomic mass is 16.1. The predicted octanol–water partition coefficient (Wildman–Crippen LogP) is 8.44. The molecule has 3 heteroatoms. The lowest BCUT2D eigenvalue weighted by Gasteiger charge is -2.06. The number of rotatable bonds is 7. The summed E-state index contributed by atoms with van der Waals surface area (Å²) in [6.07, 6.45) is 17.3. The van der Waals surface area contributed by atoms with E-state index in [0.29, 0.717) is 11.1 Å². The molecule has 0 N–H and O–H groups in total. The molecule has 0 amide bonds. The van der Waals surface area contributed by atoms with Gasteiger partial charge in [-0.3, -0.25) is 9.59 Å². The summed E-state index contributed by atoms with van der Waals surface area (Å²) in [4.78, 5) is 31.3. The Morgan fingerprint density at radius 1 is 1.00 bits per heavy atom. The molecule has 0 bridgehead atoms. The first-order valence-corrected chi connectivity index (χ1v) is 12.6. The lowest BCUT2D eigenvalue weighted by atomic mass is 9.96. The summed E-state index contributed by atoms with van der Waals surface area (Å²) in [5.41, 5.74) is 4.62. The molecule has 1 saturated carbocycles. The normalized spacial score (nSPS) is 13.0. The minimum atomic E-state index is -0.263. The summed E-state index contributed by atoms with van der Waals surface area (Å²) in [7, 11) is 0. The van der Waals surface area contributed by atoms with Gasteiger partial charge in [-0.2, -0.15) is 0 Å². The zero-order valence-corrected chi connectivity index (χ0v) is 24.3. The number of aryl methyl sites for hydroxylation is 1. The van der Waals surface area contributed by atoms with Crippen LogP contribution in [0.1, 0.15) is 65.5 Å². The van der Waals surface area contributed by atoms with Gasteiger partial charge in [0.25, 0.3) is 0 Å². The molecule has 0 atom stereocenters. The summed E-state index contributed by atoms with van der Waals surface area (Å²) in [6.45, 7) is 22.4. The van der Waals surface area contributed by atoms with E-state index in [1.807, 2.05) is 57.1 Å². The Hall–Kier alpha value is -4.03. The van der Waals surface area contributed by atoms with Crippen molar-refractivity contribution < 1.29 is 14.4 Å². The van der Waals surface area contributed by atoms with Gasteiger partial charge in [0.05, 0.1) is 5.57 Å². The van der Waals surface area contributed by atoms with Gasteiger partial charge >= 0.3 is 0 Å². The van der Waals surface area contributed by atoms with Crippen molar-refractivity contribution in [2.24, 2.45) is 5.92 Å². The average Bonchev–Trinajstić information content (AvgIpc) is 3.68. The number of carbonyl (C=O) groups is 3. The van der Waals surface area contributed by atoms with E-state index >= 15 is 0 Å². The van der Waals surface area contributed by atoms with Crippen LogP contribution in [0.4, 0.5) is 0 Å². The number of Topliss-reactive ketones (excluding diaryl/α,β-unsaturated/α-hetero) is 2. The molecule has 3 nitrogen and oxygen atoms in total. The van der Waals surface area contributed by atoms with Gasteiger partial charge in [-0.25, -0.2) is 0 Å². The average molecular weight is 513 g/mol. The van der Waals surface area contributed by atoms with Crippen LogP contribution < -0.4 is 0 Å². The van der Waals surface area contributed by atoms with Gasteiger partial charge in [0, 0.05) is 16.7 Å². The molecular formula is C35H44O3. The summed E-state index contributed by atoms with van der Waals surface area (Å²) in [6, 6.07) is 8.19. The summed E-state index contributed by atoms with van der Waals surface area (Å²) >= 11 is 0. The molecule has 38 heavy (non-hydrogen) atoms. The Balaban J connectivity index is 0. The van der Waals surface area contributed by atoms with Gasteiger partial charge in [-0.1, -0.05) is 99.4 Å². The second-order valence-electron chi connectivity index (χ2n) is 8.61. The zero-order valence-electron chi connectivity index (χ0n) is 24.3. The largest absolute Gasteiger partial charge is 0.307 e. The SMILES string of the molecule is C=C(C)/C(=C\C=C/C)C(=O)/C(=C\C)C(C)=O.C=C/C=C\C(C#Cc1cccc(C)c1)=C/C.C=O.CC1CC1. The Labute approximate surface area is 231 Å². The fourth-order valence-corrected chi connectivity index (χ4v) is 2.66. The Morgan fingerprint density at radius 3 is 2.00 bits per heavy atom. The highest BCUT2D eigenvalue weighted by molar-refractivity contribution is 6.26. The van der Waals surface area contributed by atoms with Crippen molar-refractivity contribution >= 4 is 18.4 Å². The van der Waals surface area contributed by atoms with E-state index in [-0.39, 0.29) is 17.1 Å². The topological polar surface area (TPSA) is 51.2 Å². The van der Waals surface area contributed by atoms with Crippen molar-refractivity contribution in [2.75, 3.05) is 0 Å². The molecule has 0 aromatic heterocycles. The minimum absolute atomic E-state index is 0.207. The molecule has 1 aromatic carbocycles. The second kappa shape index (κ2) is 22.2. The van der Waals surface area contributed by atoms with Gasteiger partial charge in [-0.15, -0.1) is 0 Å². The molecule has 0 radical (unpaired) electrons. The van der Waals surface area contributed by atoms with Crippen LogP contribution in [0.5, 0.6) is 0 Å². The minimum Gasteiger partial charge on any atom is -0.307 e. The first kappa shape index (κ1) is 36.1. The first-order chi connectivity index (χ1) is 18.1. The molecule has 2 rings (SSSR count). The monoisotopic (exact) mass is 512 g/mol. The van der Waals surface area contributed by atoms with E-state index in [1.54, 1.807) is 32.1 Å². The maximum atomic E-state index is 12.0. The molecule has 0 aliphatic heterocycles. The fraction of sp³-hybridized carbons (Fsp3) is 0.286. The van der Waals surface area contributed by atoms with Crippen LogP contribution in [0.3, 0.4) is 0 Å². The maximum Gasteiger partial charge on any atom is 0.196 e. The third-order valence-electron chi connectivity index (χ3n) is 5.03. The third kappa shape index (κ3) is 17.4. The maximum absolute atomic E-state index is 12.0. The van der Waals surface area contributed by atoms with Crippen LogP contribution in [0.2, 0.25) is 0 Å². The molecule has 0 saturated heterocycles. The van der Waals surface area contributed by atoms with Crippen LogP contribution in [0.15, 0.2) is 108 Å². The van der Waals surface area contributed by atoms with Gasteiger partial charge in [0.2, 0.25) is 0 Å². The van der Waals surface area contributed by atoms with Gasteiger partial charge in [-0.05, 0) is 76.8 Å². The fourth-order valence-electron chi connectivity index (χ4n) is 2.66. The smallest absolute Gasteiger partial charge is 0.196 e. The molecular weight excluding hydrogens is 468 g/mol. The van der Waals surface area contributed by atoms with Crippen molar-refractivity contribution in [3.05, 3.63) is 119 Å². The van der Waals surface area contributed by atoms with E-state index in [0.717, 1.165) is 17.1 Å². The van der Waals surface area contributed by atoms with Crippen molar-refractivity contribution in [1.29, 1.82) is 0 Å². The van der Waals surface area contributed by atoms with Crippen LogP contribution in [-0.2, 0) is 14.4 Å². The highest BCUT2D eigenvalue weighted by Gasteiger charge is 2.17. The molecule has 1 fully saturated rings. The standard InChI is InChI=1S/C16H16.C14H18O2.C4H8.CH2O/c1-4-6-9-15(5-2)11-12-16-10-7-8-14(3)13-16;1-6-8-9-13(10(3)4)14(16)12(7-2)11(5)15;1-4-2-3-4;1-2/h4-10,13H,1H2,2-3H3;6-9H,3H2,1-2,4-5H3;4H,2-3H2,1H3;1H2/b9-6-,15-5+;8-6-,12-7-,13-9+;;. The number of hydrogen-bond donors (Lipinski definition) is 0. The molecule has 0 heterocycles. The van der Waals surface area contributed by atoms with E-state index in [2.05, 4.69) is 51.0 Å². The summed E-state index contributed by atoms with van der Waals surface area (Å²) in [5, 5.41) is 0. The Bertz CT molecular complexity index is 1140. The molecule has 0 unspecified atom stereocenters. The van der Waals surface area contributed by atoms with Gasteiger partial charge in [0.15, 0.2) is 11.6 Å². The third-order valence-corrected chi connectivity index (χ3v) is 5.03. The number of hydrogen-bond acceptors (Lipinski definition) is 3. The number of allylic oxidation sites excluding steroid dienone is 12. The van der Waals surface area contributed by atoms with Crippen LogP contribution in [0, 0.1) is 24.7 Å². The van der Waals surface area contributed by atoms with E-state index < -0.39 is 0 Å². The van der Waals surface area contributed by atoms with Gasteiger partial charge < -0.3 is 4.79 Å². The first-order valence-electron chi connectivity index (χ1n) is 12.6. The van der Waals surface area contributed by atoms with E-state index in [4.69, 9.17) is 4.79 Å². The number of ketones is 2. The number of carbonyl (C=O) groups excluding carboxylic acids is 3. The summed E-state index contributed by atoms with van der Waals surface area (Å²) in [5.74, 6) is 6.86. The number of benzene rings is 1. The lowest BCUT2D eigenvalue weighted by Crippen LogP contribution is -2.13. The van der Waals surface area contributed by atoms with E-state index in [9.17, 15) is 9.59 Å². The molecule has 1 aliphatic rings. The van der Waals surface area contributed by atoms with Gasteiger partial charge in [0.1, 0.15) is 6.79 Å². The van der Waals surface area contributed by atoms with Crippen molar-refractivity contribution in [3.63, 3.8) is 0 Å². The van der Waals surface area contributed by atoms with Crippen LogP contribution in [-0.4, -0.2) is 18.4 Å². The van der Waals surface area contributed by atoms with Crippen molar-refractivity contribution in [1.82, 2.24) is 0 Å². The summed E-state index contributed by atoms with van der Waals surface area (Å²) < 4.78 is 0. The van der Waals surface area contributed by atoms with Crippen molar-refractivity contribution in [2.45, 2.75) is 61.3 Å². The quantitative estimate of drug-likeness (QED) is 0.121. The zero-order chi connectivity index (χ0) is 29.5. The predicted molar refractivity (Wildman–Crippen MR) is 164 cm³/mol. The van der Waals surface area contributed by atoms with Crippen LogP contribution in [0.25, 0.3) is 0 Å².